The molecule has 1 fully saturated rings. The Morgan fingerprint density at radius 2 is 2.21 bits per heavy atom. The molecule has 1 aliphatic carbocycles. The Kier molecular flexibility index (Phi) is 2.70. The van der Waals surface area contributed by atoms with Crippen LogP contribution in [0.25, 0.3) is 10.2 Å². The van der Waals surface area contributed by atoms with Crippen LogP contribution in [0.3, 0.4) is 0 Å². The zero-order chi connectivity index (χ0) is 12.7. The molecule has 19 heavy (non-hydrogen) atoms. The molecular weight excluding hydrogens is 276 g/mol. The molecule has 0 unspecified atom stereocenters. The molecule has 0 aliphatic heterocycles. The summed E-state index contributed by atoms with van der Waals surface area (Å²) >= 11 is 3.44. The van der Waals surface area contributed by atoms with Gasteiger partial charge >= 0.3 is 0 Å². The van der Waals surface area contributed by atoms with E-state index < -0.39 is 0 Å². The molecule has 96 valence electrons. The minimum Gasteiger partial charge on any atom is -0.363 e. The summed E-state index contributed by atoms with van der Waals surface area (Å²) in [5.74, 6) is 1.64. The van der Waals surface area contributed by atoms with Crippen LogP contribution in [0.5, 0.6) is 0 Å². The van der Waals surface area contributed by atoms with Crippen LogP contribution >= 0.6 is 22.7 Å². The second kappa shape index (κ2) is 4.54. The van der Waals surface area contributed by atoms with Crippen molar-refractivity contribution in [2.24, 2.45) is 0 Å². The van der Waals surface area contributed by atoms with Gasteiger partial charge in [0.15, 0.2) is 0 Å². The average Bonchev–Trinajstić information content (AvgIpc) is 3.00. The smallest absolute Gasteiger partial charge is 0.147 e. The lowest BCUT2D eigenvalue weighted by Crippen LogP contribution is -2.02. The minimum atomic E-state index is 0.729. The third-order valence-electron chi connectivity index (χ3n) is 3.18. The highest BCUT2D eigenvalue weighted by Gasteiger charge is 2.26. The Bertz CT molecular complexity index is 714. The van der Waals surface area contributed by atoms with Crippen LogP contribution in [0.1, 0.15) is 29.5 Å². The summed E-state index contributed by atoms with van der Waals surface area (Å²) in [6, 6.07) is 2.01. The molecule has 0 bridgehead atoms. The van der Waals surface area contributed by atoms with Crippen molar-refractivity contribution in [2.75, 3.05) is 5.32 Å². The quantitative estimate of drug-likeness (QED) is 0.796. The van der Waals surface area contributed by atoms with E-state index in [2.05, 4.69) is 25.6 Å². The molecule has 0 atom stereocenters. The zero-order valence-electron chi connectivity index (χ0n) is 10.2. The van der Waals surface area contributed by atoms with E-state index in [0.29, 0.717) is 0 Å². The molecule has 3 heterocycles. The van der Waals surface area contributed by atoms with Gasteiger partial charge in [0.25, 0.3) is 0 Å². The molecule has 1 saturated carbocycles. The molecule has 0 aromatic carbocycles. The van der Waals surface area contributed by atoms with Gasteiger partial charge in [0.05, 0.1) is 27.5 Å². The highest BCUT2D eigenvalue weighted by molar-refractivity contribution is 7.17. The number of nitrogens with zero attached hydrogens (tertiary/aromatic N) is 3. The fourth-order valence-corrected chi connectivity index (χ4v) is 3.81. The first-order chi connectivity index (χ1) is 9.40. The van der Waals surface area contributed by atoms with Crippen LogP contribution in [0.2, 0.25) is 0 Å². The number of anilines is 1. The van der Waals surface area contributed by atoms with Crippen molar-refractivity contribution < 1.29 is 0 Å². The maximum Gasteiger partial charge on any atom is 0.147 e. The van der Waals surface area contributed by atoms with Gasteiger partial charge in [0.2, 0.25) is 0 Å². The maximum absolute atomic E-state index is 4.67. The molecular formula is C13H12N4S2. The zero-order valence-corrected chi connectivity index (χ0v) is 11.8. The predicted molar refractivity (Wildman–Crippen MR) is 78.8 cm³/mol. The molecule has 6 heteroatoms. The summed E-state index contributed by atoms with van der Waals surface area (Å²) in [5, 5.41) is 8.85. The summed E-state index contributed by atoms with van der Waals surface area (Å²) in [7, 11) is 0. The molecule has 1 aliphatic rings. The molecule has 0 saturated heterocycles. The van der Waals surface area contributed by atoms with Crippen LogP contribution < -0.4 is 5.32 Å². The van der Waals surface area contributed by atoms with E-state index in [4.69, 9.17) is 0 Å². The van der Waals surface area contributed by atoms with Crippen LogP contribution in [0, 0.1) is 0 Å². The first-order valence-corrected chi connectivity index (χ1v) is 8.02. The van der Waals surface area contributed by atoms with Crippen LogP contribution in [0.4, 0.5) is 5.82 Å². The van der Waals surface area contributed by atoms with Crippen molar-refractivity contribution in [1.29, 1.82) is 0 Å². The van der Waals surface area contributed by atoms with Crippen molar-refractivity contribution in [2.45, 2.75) is 25.3 Å². The lowest BCUT2D eigenvalue weighted by Gasteiger charge is -2.03. The Hall–Kier alpha value is -1.53. The second-order valence-electron chi connectivity index (χ2n) is 4.66. The molecule has 0 spiro atoms. The number of rotatable bonds is 4. The van der Waals surface area contributed by atoms with Crippen LogP contribution in [-0.4, -0.2) is 15.0 Å². The van der Waals surface area contributed by atoms with Crippen molar-refractivity contribution in [3.05, 3.63) is 33.9 Å². The number of hydrogen-bond acceptors (Lipinski definition) is 6. The fraction of sp³-hybridized carbons (Fsp3) is 0.308. The largest absolute Gasteiger partial charge is 0.363 e. The van der Waals surface area contributed by atoms with E-state index in [1.807, 2.05) is 11.4 Å². The van der Waals surface area contributed by atoms with E-state index in [1.165, 1.54) is 17.8 Å². The second-order valence-corrected chi connectivity index (χ2v) is 6.47. The number of fused-ring (bicyclic) bond motifs is 1. The van der Waals surface area contributed by atoms with Crippen molar-refractivity contribution in [1.82, 2.24) is 15.0 Å². The SMILES string of the molecule is c1nc(NCc2csc(C3CC3)n2)c2sccc2n1. The van der Waals surface area contributed by atoms with E-state index in [-0.39, 0.29) is 0 Å². The van der Waals surface area contributed by atoms with E-state index >= 15 is 0 Å². The van der Waals surface area contributed by atoms with Crippen molar-refractivity contribution in [3.8, 4) is 0 Å². The summed E-state index contributed by atoms with van der Waals surface area (Å²) in [5.41, 5.74) is 2.11. The molecule has 0 amide bonds. The molecule has 3 aromatic heterocycles. The van der Waals surface area contributed by atoms with E-state index in [9.17, 15) is 0 Å². The summed E-state index contributed by atoms with van der Waals surface area (Å²) in [6.45, 7) is 0.729. The fourth-order valence-electron chi connectivity index (χ4n) is 2.01. The lowest BCUT2D eigenvalue weighted by molar-refractivity contribution is 0.996. The van der Waals surface area contributed by atoms with Gasteiger partial charge in [-0.25, -0.2) is 15.0 Å². The highest BCUT2D eigenvalue weighted by atomic mass is 32.1. The molecule has 4 nitrogen and oxygen atoms in total. The summed E-state index contributed by atoms with van der Waals surface area (Å²) < 4.78 is 1.11. The topological polar surface area (TPSA) is 50.7 Å². The van der Waals surface area contributed by atoms with Crippen molar-refractivity contribution in [3.63, 3.8) is 0 Å². The number of hydrogen-bond donors (Lipinski definition) is 1. The third-order valence-corrected chi connectivity index (χ3v) is 5.14. The molecule has 4 rings (SSSR count). The highest BCUT2D eigenvalue weighted by Crippen LogP contribution is 2.41. The average molecular weight is 288 g/mol. The van der Waals surface area contributed by atoms with Gasteiger partial charge in [-0.2, -0.15) is 0 Å². The Balaban J connectivity index is 1.52. The van der Waals surface area contributed by atoms with Gasteiger partial charge in [-0.1, -0.05) is 0 Å². The number of nitrogens with one attached hydrogen (secondary N) is 1. The Morgan fingerprint density at radius 1 is 1.26 bits per heavy atom. The lowest BCUT2D eigenvalue weighted by atomic mass is 10.4. The molecule has 1 N–H and O–H groups in total. The first-order valence-electron chi connectivity index (χ1n) is 6.26. The van der Waals surface area contributed by atoms with Gasteiger partial charge in [-0.15, -0.1) is 22.7 Å². The van der Waals surface area contributed by atoms with Gasteiger partial charge in [0, 0.05) is 11.3 Å². The number of aromatic nitrogens is 3. The van der Waals surface area contributed by atoms with Crippen LogP contribution in [0.15, 0.2) is 23.2 Å². The van der Waals surface area contributed by atoms with Gasteiger partial charge in [-0.3, -0.25) is 0 Å². The molecule has 0 radical (unpaired) electrons. The summed E-state index contributed by atoms with van der Waals surface area (Å²) in [6.07, 6.45) is 4.22. The molecule has 3 aromatic rings. The Labute approximate surface area is 118 Å². The van der Waals surface area contributed by atoms with Gasteiger partial charge in [-0.05, 0) is 24.3 Å². The number of thiazole rings is 1. The van der Waals surface area contributed by atoms with E-state index in [0.717, 1.165) is 34.2 Å². The predicted octanol–water partition coefficient (Wildman–Crippen LogP) is 3.64. The van der Waals surface area contributed by atoms with Gasteiger partial charge < -0.3 is 5.32 Å². The van der Waals surface area contributed by atoms with Crippen molar-refractivity contribution >= 4 is 38.7 Å². The standard InChI is InChI=1S/C13H12N4S2/c1-2-8(1)13-17-9(6-19-13)5-14-12-11-10(3-4-18-11)15-7-16-12/h3-4,6-8H,1-2,5H2,(H,14,15,16). The van der Waals surface area contributed by atoms with Gasteiger partial charge in [0.1, 0.15) is 12.1 Å². The van der Waals surface area contributed by atoms with Crippen LogP contribution in [-0.2, 0) is 6.54 Å². The summed E-state index contributed by atoms with van der Waals surface area (Å²) in [4.78, 5) is 13.2. The minimum absolute atomic E-state index is 0.729. The first kappa shape index (κ1) is 11.3. The maximum atomic E-state index is 4.67. The third kappa shape index (κ3) is 2.21. The monoisotopic (exact) mass is 288 g/mol. The normalized spacial score (nSPS) is 14.9. The number of thiophene rings is 1. The van der Waals surface area contributed by atoms with E-state index in [1.54, 1.807) is 29.0 Å². The Morgan fingerprint density at radius 3 is 3.11 bits per heavy atom.